The van der Waals surface area contributed by atoms with E-state index in [-0.39, 0.29) is 5.78 Å². The second kappa shape index (κ2) is 8.87. The molecule has 0 aliphatic carbocycles. The molecule has 162 valence electrons. The van der Waals surface area contributed by atoms with Crippen molar-refractivity contribution in [2.75, 3.05) is 5.32 Å². The molecule has 3 aromatic heterocycles. The summed E-state index contributed by atoms with van der Waals surface area (Å²) >= 11 is 17.7. The Morgan fingerprint density at radius 3 is 2.59 bits per heavy atom. The van der Waals surface area contributed by atoms with Crippen molar-refractivity contribution in [2.45, 2.75) is 3.79 Å². The molecule has 0 fully saturated rings. The van der Waals surface area contributed by atoms with E-state index >= 15 is 0 Å². The van der Waals surface area contributed by atoms with Crippen LogP contribution in [0.1, 0.15) is 15.2 Å². The minimum Gasteiger partial charge on any atom is -0.308 e. The lowest BCUT2D eigenvalue weighted by Gasteiger charge is -2.12. The fraction of sp³-hybridized carbons (Fsp3) is 0.0500. The molecule has 0 aliphatic heterocycles. The van der Waals surface area contributed by atoms with Crippen molar-refractivity contribution >= 4 is 75.2 Å². The highest BCUT2D eigenvalue weighted by Gasteiger charge is 2.32. The van der Waals surface area contributed by atoms with Crippen LogP contribution in [0.25, 0.3) is 16.9 Å². The first kappa shape index (κ1) is 22.2. The fourth-order valence-corrected chi connectivity index (χ4v) is 3.72. The number of halogens is 3. The summed E-state index contributed by atoms with van der Waals surface area (Å²) in [5.74, 6) is -1.24. The van der Waals surface area contributed by atoms with Crippen molar-refractivity contribution in [3.63, 3.8) is 0 Å². The number of imide groups is 1. The number of hydrogen-bond acceptors (Lipinski definition) is 6. The Morgan fingerprint density at radius 1 is 1.06 bits per heavy atom. The Labute approximate surface area is 200 Å². The zero-order chi connectivity index (χ0) is 22.9. The maximum atomic E-state index is 12.8. The van der Waals surface area contributed by atoms with Crippen molar-refractivity contribution in [3.05, 3.63) is 70.7 Å². The number of thiophene rings is 1. The summed E-state index contributed by atoms with van der Waals surface area (Å²) in [6.07, 6.45) is 3.05. The summed E-state index contributed by atoms with van der Waals surface area (Å²) in [6.45, 7) is 0. The monoisotopic (exact) mass is 507 g/mol. The average molecular weight is 509 g/mol. The van der Waals surface area contributed by atoms with Crippen LogP contribution in [0.2, 0.25) is 0 Å². The highest BCUT2D eigenvalue weighted by atomic mass is 35.6. The first-order valence-electron chi connectivity index (χ1n) is 8.94. The molecule has 0 atom stereocenters. The topological polar surface area (TPSA) is 105 Å². The summed E-state index contributed by atoms with van der Waals surface area (Å²) in [4.78, 5) is 41.3. The molecule has 8 nitrogen and oxygen atoms in total. The smallest absolute Gasteiger partial charge is 0.308 e. The number of benzene rings is 1. The van der Waals surface area contributed by atoms with Gasteiger partial charge in [0.25, 0.3) is 9.70 Å². The van der Waals surface area contributed by atoms with E-state index < -0.39 is 15.7 Å². The fourth-order valence-electron chi connectivity index (χ4n) is 2.90. The van der Waals surface area contributed by atoms with Gasteiger partial charge in [-0.05, 0) is 29.6 Å². The van der Waals surface area contributed by atoms with Crippen LogP contribution in [0, 0.1) is 0 Å². The van der Waals surface area contributed by atoms with Gasteiger partial charge < -0.3 is 5.32 Å². The zero-order valence-corrected chi connectivity index (χ0v) is 19.0. The molecule has 4 rings (SSSR count). The second-order valence-corrected chi connectivity index (χ2v) is 9.65. The number of carbonyl (C=O) groups is 3. The lowest BCUT2D eigenvalue weighted by atomic mass is 10.1. The molecule has 4 aromatic rings. The lowest BCUT2D eigenvalue weighted by molar-refractivity contribution is -0.119. The van der Waals surface area contributed by atoms with Gasteiger partial charge in [-0.15, -0.1) is 11.3 Å². The standard InChI is InChI=1S/C20H12Cl3N5O3S/c21-20(22,23)18(30)27-19(31)26-12-4-1-3-11(9-12)14-6-7-24-17-13(10-25-28(14)17)16(29)15-5-2-8-32-15/h1-10H,(H2,26,27,30,31). The predicted octanol–water partition coefficient (Wildman–Crippen LogP) is 4.71. The number of alkyl halides is 3. The Morgan fingerprint density at radius 2 is 1.88 bits per heavy atom. The number of anilines is 1. The van der Waals surface area contributed by atoms with E-state index in [9.17, 15) is 14.4 Å². The van der Waals surface area contributed by atoms with E-state index in [1.54, 1.807) is 53.2 Å². The maximum absolute atomic E-state index is 12.8. The number of carbonyl (C=O) groups excluding carboxylic acids is 3. The lowest BCUT2D eigenvalue weighted by Crippen LogP contribution is -2.41. The molecule has 2 N–H and O–H groups in total. The molecule has 0 aliphatic rings. The molecule has 3 heterocycles. The van der Waals surface area contributed by atoms with Gasteiger partial charge >= 0.3 is 6.03 Å². The Bertz CT molecular complexity index is 1330. The van der Waals surface area contributed by atoms with E-state index in [1.165, 1.54) is 17.5 Å². The highest BCUT2D eigenvalue weighted by Crippen LogP contribution is 2.27. The second-order valence-electron chi connectivity index (χ2n) is 6.42. The Kier molecular flexibility index (Phi) is 6.16. The van der Waals surface area contributed by atoms with Crippen LogP contribution >= 0.6 is 46.1 Å². The molecule has 0 unspecified atom stereocenters. The molecule has 0 saturated carbocycles. The minimum atomic E-state index is -2.26. The summed E-state index contributed by atoms with van der Waals surface area (Å²) in [5.41, 5.74) is 2.49. The molecule has 3 amide bonds. The molecule has 0 spiro atoms. The molecule has 0 radical (unpaired) electrons. The van der Waals surface area contributed by atoms with Crippen LogP contribution in [0.4, 0.5) is 10.5 Å². The van der Waals surface area contributed by atoms with Gasteiger partial charge in [0, 0.05) is 17.4 Å². The third-order valence-electron chi connectivity index (χ3n) is 4.29. The SMILES string of the molecule is O=C(NC(=O)C(Cl)(Cl)Cl)Nc1cccc(-c2ccnc3c(C(=O)c4cccs4)cnn23)c1. The zero-order valence-electron chi connectivity index (χ0n) is 15.9. The number of hydrogen-bond donors (Lipinski definition) is 2. The first-order chi connectivity index (χ1) is 15.2. The normalized spacial score (nSPS) is 11.3. The molecule has 12 heteroatoms. The molecule has 0 saturated heterocycles. The van der Waals surface area contributed by atoms with Gasteiger partial charge in [0.05, 0.1) is 22.3 Å². The van der Waals surface area contributed by atoms with Gasteiger partial charge in [0.2, 0.25) is 5.78 Å². The van der Waals surface area contributed by atoms with E-state index in [1.807, 2.05) is 10.7 Å². The number of nitrogens with one attached hydrogen (secondary N) is 2. The Hall–Kier alpha value is -2.98. The van der Waals surface area contributed by atoms with E-state index in [2.05, 4.69) is 15.4 Å². The number of fused-ring (bicyclic) bond motifs is 1. The molecular formula is C20H12Cl3N5O3S. The summed E-state index contributed by atoms with van der Waals surface area (Å²) in [5, 5.41) is 10.6. The first-order valence-corrected chi connectivity index (χ1v) is 11.0. The molecule has 1 aromatic carbocycles. The van der Waals surface area contributed by atoms with E-state index in [0.29, 0.717) is 33.0 Å². The van der Waals surface area contributed by atoms with E-state index in [0.717, 1.165) is 0 Å². The van der Waals surface area contributed by atoms with Gasteiger partial charge in [-0.3, -0.25) is 14.9 Å². The van der Waals surface area contributed by atoms with E-state index in [4.69, 9.17) is 34.8 Å². The molecular weight excluding hydrogens is 497 g/mol. The summed E-state index contributed by atoms with van der Waals surface area (Å²) in [7, 11) is 0. The van der Waals surface area contributed by atoms with Crippen LogP contribution in [-0.2, 0) is 4.79 Å². The van der Waals surface area contributed by atoms with Crippen molar-refractivity contribution < 1.29 is 14.4 Å². The van der Waals surface area contributed by atoms with Crippen LogP contribution in [0.3, 0.4) is 0 Å². The van der Waals surface area contributed by atoms with Crippen LogP contribution in [0.5, 0.6) is 0 Å². The number of urea groups is 1. The number of ketones is 1. The van der Waals surface area contributed by atoms with Crippen molar-refractivity contribution in [2.24, 2.45) is 0 Å². The van der Waals surface area contributed by atoms with Gasteiger partial charge in [-0.25, -0.2) is 14.3 Å². The summed E-state index contributed by atoms with van der Waals surface area (Å²) < 4.78 is -0.716. The largest absolute Gasteiger partial charge is 0.326 e. The number of rotatable bonds is 4. The minimum absolute atomic E-state index is 0.162. The maximum Gasteiger partial charge on any atom is 0.326 e. The molecule has 0 bridgehead atoms. The summed E-state index contributed by atoms with van der Waals surface area (Å²) in [6, 6.07) is 11.2. The van der Waals surface area contributed by atoms with Crippen LogP contribution < -0.4 is 10.6 Å². The highest BCUT2D eigenvalue weighted by molar-refractivity contribution is 7.12. The number of nitrogens with zero attached hydrogens (tertiary/aromatic N) is 3. The predicted molar refractivity (Wildman–Crippen MR) is 124 cm³/mol. The van der Waals surface area contributed by atoms with Crippen molar-refractivity contribution in [1.82, 2.24) is 19.9 Å². The van der Waals surface area contributed by atoms with Crippen LogP contribution in [0.15, 0.2) is 60.2 Å². The van der Waals surface area contributed by atoms with Gasteiger partial charge in [0.15, 0.2) is 5.65 Å². The third kappa shape index (κ3) is 4.61. The number of aromatic nitrogens is 3. The third-order valence-corrected chi connectivity index (χ3v) is 5.68. The van der Waals surface area contributed by atoms with Gasteiger partial charge in [0.1, 0.15) is 0 Å². The van der Waals surface area contributed by atoms with Gasteiger partial charge in [-0.2, -0.15) is 5.10 Å². The quantitative estimate of drug-likeness (QED) is 0.307. The molecule has 32 heavy (non-hydrogen) atoms. The van der Waals surface area contributed by atoms with Crippen LogP contribution in [-0.4, -0.2) is 36.1 Å². The van der Waals surface area contributed by atoms with Crippen molar-refractivity contribution in [1.29, 1.82) is 0 Å². The van der Waals surface area contributed by atoms with Crippen molar-refractivity contribution in [3.8, 4) is 11.3 Å². The number of amides is 3. The van der Waals surface area contributed by atoms with Gasteiger partial charge in [-0.1, -0.05) is 53.0 Å². The Balaban J connectivity index is 1.62. The average Bonchev–Trinajstić information content (AvgIpc) is 3.42.